The van der Waals surface area contributed by atoms with Gasteiger partial charge in [0.15, 0.2) is 0 Å². The third kappa shape index (κ3) is 3.33. The maximum Gasteiger partial charge on any atom is 0.272 e. The van der Waals surface area contributed by atoms with E-state index in [2.05, 4.69) is 15.3 Å². The van der Waals surface area contributed by atoms with E-state index < -0.39 is 0 Å². The van der Waals surface area contributed by atoms with Crippen molar-refractivity contribution in [3.05, 3.63) is 40.1 Å². The second-order valence-corrected chi connectivity index (χ2v) is 5.42. The Labute approximate surface area is 122 Å². The van der Waals surface area contributed by atoms with E-state index in [9.17, 15) is 4.79 Å². The van der Waals surface area contributed by atoms with Gasteiger partial charge in [-0.05, 0) is 26.0 Å². The first-order valence-electron chi connectivity index (χ1n) is 6.46. The first kappa shape index (κ1) is 14.5. The molecule has 0 aromatic carbocycles. The minimum atomic E-state index is -0.0825. The summed E-state index contributed by atoms with van der Waals surface area (Å²) >= 11 is 1.56. The highest BCUT2D eigenvalue weighted by molar-refractivity contribution is 7.09. The molecule has 0 aliphatic carbocycles. The molecule has 5 nitrogen and oxygen atoms in total. The van der Waals surface area contributed by atoms with Crippen molar-refractivity contribution in [1.82, 2.24) is 14.9 Å². The molecule has 2 aromatic rings. The Hall–Kier alpha value is -1.95. The predicted molar refractivity (Wildman–Crippen MR) is 81.0 cm³/mol. The van der Waals surface area contributed by atoms with E-state index in [1.165, 1.54) is 0 Å². The van der Waals surface area contributed by atoms with Crippen molar-refractivity contribution < 1.29 is 4.79 Å². The number of amides is 1. The van der Waals surface area contributed by atoms with Crippen LogP contribution >= 0.6 is 11.3 Å². The van der Waals surface area contributed by atoms with Crippen LogP contribution in [0.4, 0.5) is 5.69 Å². The van der Waals surface area contributed by atoms with E-state index in [0.717, 1.165) is 22.8 Å². The molecule has 0 atom stereocenters. The lowest BCUT2D eigenvalue weighted by Gasteiger charge is -2.16. The van der Waals surface area contributed by atoms with E-state index >= 15 is 0 Å². The molecule has 2 aromatic heterocycles. The molecule has 0 spiro atoms. The zero-order chi connectivity index (χ0) is 14.5. The first-order chi connectivity index (χ1) is 9.61. The van der Waals surface area contributed by atoms with Gasteiger partial charge in [0.1, 0.15) is 5.69 Å². The normalized spacial score (nSPS) is 10.3. The van der Waals surface area contributed by atoms with Gasteiger partial charge in [-0.3, -0.25) is 4.79 Å². The van der Waals surface area contributed by atoms with E-state index in [4.69, 9.17) is 0 Å². The number of nitrogens with one attached hydrogen (secondary N) is 1. The van der Waals surface area contributed by atoms with Crippen LogP contribution in [0.15, 0.2) is 23.8 Å². The van der Waals surface area contributed by atoms with Gasteiger partial charge in [-0.15, -0.1) is 11.3 Å². The van der Waals surface area contributed by atoms with Gasteiger partial charge in [0, 0.05) is 18.5 Å². The van der Waals surface area contributed by atoms with Crippen LogP contribution < -0.4 is 5.32 Å². The van der Waals surface area contributed by atoms with Gasteiger partial charge in [-0.2, -0.15) is 0 Å². The smallest absolute Gasteiger partial charge is 0.272 e. The number of aromatic nitrogens is 2. The lowest BCUT2D eigenvalue weighted by atomic mass is 10.3. The van der Waals surface area contributed by atoms with Crippen LogP contribution in [0.5, 0.6) is 0 Å². The summed E-state index contributed by atoms with van der Waals surface area (Å²) in [6.45, 7) is 5.36. The molecule has 0 aliphatic rings. The standard InChI is InChI=1S/C14H18N4OS/c1-4-15-11-5-6-12(16-7-11)14(19)18(3)8-13-10(2)17-9-20-13/h5-7,9,15H,4,8H2,1-3H3. The summed E-state index contributed by atoms with van der Waals surface area (Å²) in [5.41, 5.74) is 4.15. The number of pyridine rings is 1. The fraction of sp³-hybridized carbons (Fsp3) is 0.357. The molecule has 0 fully saturated rings. The third-order valence-corrected chi connectivity index (χ3v) is 3.86. The summed E-state index contributed by atoms with van der Waals surface area (Å²) in [6.07, 6.45) is 1.68. The minimum absolute atomic E-state index is 0.0825. The van der Waals surface area contributed by atoms with Crippen LogP contribution in [-0.4, -0.2) is 34.4 Å². The molecular formula is C14H18N4OS. The Kier molecular flexibility index (Phi) is 4.68. The van der Waals surface area contributed by atoms with Crippen molar-refractivity contribution in [3.63, 3.8) is 0 Å². The number of anilines is 1. The number of carbonyl (C=O) groups excluding carboxylic acids is 1. The number of hydrogen-bond donors (Lipinski definition) is 1. The maximum atomic E-state index is 12.3. The Morgan fingerprint density at radius 3 is 2.75 bits per heavy atom. The monoisotopic (exact) mass is 290 g/mol. The van der Waals surface area contributed by atoms with E-state index in [1.54, 1.807) is 41.1 Å². The Morgan fingerprint density at radius 2 is 2.20 bits per heavy atom. The summed E-state index contributed by atoms with van der Waals surface area (Å²) < 4.78 is 0. The van der Waals surface area contributed by atoms with E-state index in [1.807, 2.05) is 19.9 Å². The number of aryl methyl sites for hydroxylation is 1. The zero-order valence-corrected chi connectivity index (χ0v) is 12.7. The molecule has 1 amide bonds. The van der Waals surface area contributed by atoms with Crippen LogP contribution in [0.1, 0.15) is 28.0 Å². The summed E-state index contributed by atoms with van der Waals surface area (Å²) in [4.78, 5) is 23.4. The highest BCUT2D eigenvalue weighted by Crippen LogP contribution is 2.15. The molecule has 2 rings (SSSR count). The molecule has 0 aliphatic heterocycles. The number of thiazole rings is 1. The van der Waals surface area contributed by atoms with E-state index in [-0.39, 0.29) is 5.91 Å². The van der Waals surface area contributed by atoms with Crippen LogP contribution in [0, 0.1) is 6.92 Å². The second-order valence-electron chi connectivity index (χ2n) is 4.48. The van der Waals surface area contributed by atoms with Crippen molar-refractivity contribution in [3.8, 4) is 0 Å². The van der Waals surface area contributed by atoms with Crippen molar-refractivity contribution >= 4 is 22.9 Å². The SMILES string of the molecule is CCNc1ccc(C(=O)N(C)Cc2scnc2C)nc1. The van der Waals surface area contributed by atoms with Gasteiger partial charge in [-0.25, -0.2) is 9.97 Å². The highest BCUT2D eigenvalue weighted by Gasteiger charge is 2.15. The second kappa shape index (κ2) is 6.47. The minimum Gasteiger partial charge on any atom is -0.384 e. The number of nitrogens with zero attached hydrogens (tertiary/aromatic N) is 3. The molecule has 20 heavy (non-hydrogen) atoms. The van der Waals surface area contributed by atoms with Gasteiger partial charge in [-0.1, -0.05) is 0 Å². The van der Waals surface area contributed by atoms with Crippen molar-refractivity contribution in [2.75, 3.05) is 18.9 Å². The van der Waals surface area contributed by atoms with Gasteiger partial charge >= 0.3 is 0 Å². The van der Waals surface area contributed by atoms with Gasteiger partial charge < -0.3 is 10.2 Å². The molecule has 0 radical (unpaired) electrons. The lowest BCUT2D eigenvalue weighted by molar-refractivity contribution is 0.0780. The molecule has 6 heteroatoms. The molecule has 106 valence electrons. The van der Waals surface area contributed by atoms with Crippen LogP contribution in [0.2, 0.25) is 0 Å². The predicted octanol–water partition coefficient (Wildman–Crippen LogP) is 2.55. The Bertz CT molecular complexity index is 579. The summed E-state index contributed by atoms with van der Waals surface area (Å²) in [5, 5.41) is 3.15. The molecule has 0 unspecified atom stereocenters. The summed E-state index contributed by atoms with van der Waals surface area (Å²) in [5.74, 6) is -0.0825. The topological polar surface area (TPSA) is 58.1 Å². The van der Waals surface area contributed by atoms with Crippen molar-refractivity contribution in [2.24, 2.45) is 0 Å². The summed E-state index contributed by atoms with van der Waals surface area (Å²) in [6, 6.07) is 3.62. The number of rotatable bonds is 5. The molecular weight excluding hydrogens is 272 g/mol. The lowest BCUT2D eigenvalue weighted by Crippen LogP contribution is -2.26. The average molecular weight is 290 g/mol. The van der Waals surface area contributed by atoms with Gasteiger partial charge in [0.05, 0.1) is 29.6 Å². The summed E-state index contributed by atoms with van der Waals surface area (Å²) in [7, 11) is 1.78. The highest BCUT2D eigenvalue weighted by atomic mass is 32.1. The zero-order valence-electron chi connectivity index (χ0n) is 11.9. The van der Waals surface area contributed by atoms with Crippen molar-refractivity contribution in [1.29, 1.82) is 0 Å². The first-order valence-corrected chi connectivity index (χ1v) is 7.34. The molecule has 0 bridgehead atoms. The Morgan fingerprint density at radius 1 is 1.40 bits per heavy atom. The van der Waals surface area contributed by atoms with Crippen LogP contribution in [0.25, 0.3) is 0 Å². The van der Waals surface area contributed by atoms with E-state index in [0.29, 0.717) is 12.2 Å². The molecule has 1 N–H and O–H groups in total. The van der Waals surface area contributed by atoms with Gasteiger partial charge in [0.25, 0.3) is 5.91 Å². The molecule has 0 saturated heterocycles. The Balaban J connectivity index is 2.04. The van der Waals surface area contributed by atoms with Gasteiger partial charge in [0.2, 0.25) is 0 Å². The van der Waals surface area contributed by atoms with Crippen molar-refractivity contribution in [2.45, 2.75) is 20.4 Å². The fourth-order valence-electron chi connectivity index (χ4n) is 1.79. The van der Waals surface area contributed by atoms with Crippen LogP contribution in [-0.2, 0) is 6.54 Å². The fourth-order valence-corrected chi connectivity index (χ4v) is 2.62. The quantitative estimate of drug-likeness (QED) is 0.919. The average Bonchev–Trinajstić information content (AvgIpc) is 2.85. The van der Waals surface area contributed by atoms with Crippen LogP contribution in [0.3, 0.4) is 0 Å². The maximum absolute atomic E-state index is 12.3. The molecule has 2 heterocycles. The number of carbonyl (C=O) groups is 1. The molecule has 0 saturated carbocycles. The largest absolute Gasteiger partial charge is 0.384 e. The third-order valence-electron chi connectivity index (χ3n) is 2.94. The number of hydrogen-bond acceptors (Lipinski definition) is 5.